The molecule has 1 unspecified atom stereocenters. The summed E-state index contributed by atoms with van der Waals surface area (Å²) < 4.78 is 45.9. The van der Waals surface area contributed by atoms with Crippen LogP contribution in [0.1, 0.15) is 13.3 Å². The van der Waals surface area contributed by atoms with E-state index in [0.29, 0.717) is 12.1 Å². The Morgan fingerprint density at radius 1 is 1.35 bits per heavy atom. The van der Waals surface area contributed by atoms with Gasteiger partial charge >= 0.3 is 0 Å². The fourth-order valence-corrected chi connectivity index (χ4v) is 5.11. The van der Waals surface area contributed by atoms with E-state index in [2.05, 4.69) is 5.32 Å². The van der Waals surface area contributed by atoms with Crippen LogP contribution in [-0.4, -0.2) is 33.9 Å². The largest absolute Gasteiger partial charge is 0.396 e. The van der Waals surface area contributed by atoms with Crippen LogP contribution in [0.2, 0.25) is 0 Å². The summed E-state index contributed by atoms with van der Waals surface area (Å²) in [4.78, 5) is -0.174. The predicted molar refractivity (Wildman–Crippen MR) is 77.5 cm³/mol. The lowest BCUT2D eigenvalue weighted by atomic mass is 10.0. The average molecular weight is 319 g/mol. The van der Waals surface area contributed by atoms with Crippen molar-refractivity contribution >= 4 is 31.2 Å². The molecule has 1 aromatic rings. The minimum atomic E-state index is -3.92. The lowest BCUT2D eigenvalue weighted by Gasteiger charge is -2.26. The summed E-state index contributed by atoms with van der Waals surface area (Å²) in [7, 11) is -6.99. The van der Waals surface area contributed by atoms with Gasteiger partial charge in [0.2, 0.25) is 10.0 Å². The number of rotatable bonds is 3. The highest BCUT2D eigenvalue weighted by atomic mass is 32.2. The van der Waals surface area contributed by atoms with Crippen LogP contribution >= 0.6 is 0 Å². The van der Waals surface area contributed by atoms with Crippen molar-refractivity contribution in [3.05, 3.63) is 18.2 Å². The number of sulfonamides is 1. The summed E-state index contributed by atoms with van der Waals surface area (Å²) in [6.45, 7) is 1.76. The summed E-state index contributed by atoms with van der Waals surface area (Å²) in [6.07, 6.45) is 0.439. The Bertz CT molecular complexity index is 743. The van der Waals surface area contributed by atoms with Crippen LogP contribution in [0.15, 0.2) is 23.1 Å². The van der Waals surface area contributed by atoms with Gasteiger partial charge in [-0.15, -0.1) is 0 Å². The molecule has 9 heteroatoms. The van der Waals surface area contributed by atoms with Crippen molar-refractivity contribution in [3.8, 4) is 0 Å². The predicted octanol–water partition coefficient (Wildman–Crippen LogP) is -0.0947. The van der Waals surface area contributed by atoms with E-state index in [9.17, 15) is 16.8 Å². The van der Waals surface area contributed by atoms with Crippen LogP contribution < -0.4 is 16.2 Å². The number of para-hydroxylation sites is 1. The van der Waals surface area contributed by atoms with E-state index in [-0.39, 0.29) is 22.1 Å². The van der Waals surface area contributed by atoms with Gasteiger partial charge in [0.05, 0.1) is 22.9 Å². The molecule has 0 radical (unpaired) electrons. The maximum absolute atomic E-state index is 11.6. The van der Waals surface area contributed by atoms with Gasteiger partial charge < -0.3 is 11.1 Å². The molecule has 1 aliphatic heterocycles. The zero-order chi connectivity index (χ0) is 15.2. The van der Waals surface area contributed by atoms with Crippen LogP contribution in [0.3, 0.4) is 0 Å². The van der Waals surface area contributed by atoms with Crippen molar-refractivity contribution in [3.63, 3.8) is 0 Å². The standard InChI is InChI=1S/C11H17N3O4S2/c1-11(5-6-19(15,16)7-11)14-8-3-2-4-9(10(8)12)20(13,17)18/h2-4,14H,5-7,12H2,1H3,(H2,13,17,18). The van der Waals surface area contributed by atoms with Crippen molar-refractivity contribution < 1.29 is 16.8 Å². The molecule has 0 saturated carbocycles. The zero-order valence-corrected chi connectivity index (χ0v) is 12.6. The molecule has 0 bridgehead atoms. The molecule has 5 N–H and O–H groups in total. The van der Waals surface area contributed by atoms with Crippen molar-refractivity contribution in [2.45, 2.75) is 23.8 Å². The molecule has 1 fully saturated rings. The van der Waals surface area contributed by atoms with Crippen LogP contribution in [0.5, 0.6) is 0 Å². The number of hydrogen-bond donors (Lipinski definition) is 3. The molecule has 0 spiro atoms. The van der Waals surface area contributed by atoms with Gasteiger partial charge in [-0.05, 0) is 25.5 Å². The highest BCUT2D eigenvalue weighted by molar-refractivity contribution is 7.91. The molecular weight excluding hydrogens is 302 g/mol. The van der Waals surface area contributed by atoms with Crippen LogP contribution in [0.4, 0.5) is 11.4 Å². The summed E-state index contributed by atoms with van der Waals surface area (Å²) in [5.41, 5.74) is 5.51. The van der Waals surface area contributed by atoms with E-state index >= 15 is 0 Å². The van der Waals surface area contributed by atoms with Gasteiger partial charge in [-0.25, -0.2) is 22.0 Å². The summed E-state index contributed by atoms with van der Waals surface area (Å²) in [5, 5.41) is 8.11. The molecule has 2 rings (SSSR count). The van der Waals surface area contributed by atoms with E-state index in [1.807, 2.05) is 0 Å². The number of nitrogens with two attached hydrogens (primary N) is 2. The molecule has 1 heterocycles. The molecule has 1 atom stereocenters. The minimum absolute atomic E-state index is 0.000484. The highest BCUT2D eigenvalue weighted by Crippen LogP contribution is 2.32. The van der Waals surface area contributed by atoms with Gasteiger partial charge in [0.1, 0.15) is 4.90 Å². The molecule has 0 amide bonds. The minimum Gasteiger partial charge on any atom is -0.396 e. The maximum atomic E-state index is 11.6. The van der Waals surface area contributed by atoms with Gasteiger partial charge in [-0.3, -0.25) is 0 Å². The summed E-state index contributed by atoms with van der Waals surface area (Å²) in [5.74, 6) is 0.0876. The van der Waals surface area contributed by atoms with Crippen molar-refractivity contribution in [1.82, 2.24) is 0 Å². The molecule has 20 heavy (non-hydrogen) atoms. The number of benzene rings is 1. The highest BCUT2D eigenvalue weighted by Gasteiger charge is 2.38. The quantitative estimate of drug-likeness (QED) is 0.667. The molecule has 0 aliphatic carbocycles. The zero-order valence-electron chi connectivity index (χ0n) is 11.0. The van der Waals surface area contributed by atoms with Crippen molar-refractivity contribution in [2.24, 2.45) is 5.14 Å². The molecule has 1 saturated heterocycles. The molecule has 0 aromatic heterocycles. The molecule has 7 nitrogen and oxygen atoms in total. The number of nitrogens with one attached hydrogen (secondary N) is 1. The average Bonchev–Trinajstić information content (AvgIpc) is 2.54. The number of primary sulfonamides is 1. The number of hydrogen-bond acceptors (Lipinski definition) is 6. The van der Waals surface area contributed by atoms with E-state index < -0.39 is 25.4 Å². The third kappa shape index (κ3) is 3.05. The Balaban J connectivity index is 2.37. The first-order chi connectivity index (χ1) is 9.03. The topological polar surface area (TPSA) is 132 Å². The Labute approximate surface area is 118 Å². The lowest BCUT2D eigenvalue weighted by molar-refractivity contribution is 0.573. The van der Waals surface area contributed by atoms with Gasteiger partial charge in [0, 0.05) is 5.54 Å². The molecule has 1 aromatic carbocycles. The first kappa shape index (κ1) is 15.1. The van der Waals surface area contributed by atoms with E-state index in [0.717, 1.165) is 0 Å². The fourth-order valence-electron chi connectivity index (χ4n) is 2.34. The van der Waals surface area contributed by atoms with Gasteiger partial charge in [-0.1, -0.05) is 6.07 Å². The smallest absolute Gasteiger partial charge is 0.240 e. The second-order valence-electron chi connectivity index (χ2n) is 5.29. The van der Waals surface area contributed by atoms with Gasteiger partial charge in [-0.2, -0.15) is 0 Å². The third-order valence-electron chi connectivity index (χ3n) is 3.31. The lowest BCUT2D eigenvalue weighted by Crippen LogP contribution is -2.36. The Morgan fingerprint density at radius 3 is 2.50 bits per heavy atom. The summed E-state index contributed by atoms with van der Waals surface area (Å²) >= 11 is 0. The maximum Gasteiger partial charge on any atom is 0.240 e. The Hall–Kier alpha value is -1.32. The van der Waals surface area contributed by atoms with Crippen LogP contribution in [0, 0.1) is 0 Å². The van der Waals surface area contributed by atoms with Gasteiger partial charge in [0.25, 0.3) is 0 Å². The van der Waals surface area contributed by atoms with Gasteiger partial charge in [0.15, 0.2) is 9.84 Å². The Morgan fingerprint density at radius 2 is 2.00 bits per heavy atom. The third-order valence-corrected chi connectivity index (χ3v) is 6.18. The first-order valence-corrected chi connectivity index (χ1v) is 9.29. The monoisotopic (exact) mass is 319 g/mol. The van der Waals surface area contributed by atoms with Crippen molar-refractivity contribution in [2.75, 3.05) is 22.6 Å². The van der Waals surface area contributed by atoms with E-state index in [1.54, 1.807) is 13.0 Å². The van der Waals surface area contributed by atoms with Crippen molar-refractivity contribution in [1.29, 1.82) is 0 Å². The fraction of sp³-hybridized carbons (Fsp3) is 0.455. The number of sulfone groups is 1. The normalized spacial score (nSPS) is 25.5. The number of nitrogen functional groups attached to an aromatic ring is 1. The Kier molecular flexibility index (Phi) is 3.47. The molecular formula is C11H17N3O4S2. The second-order valence-corrected chi connectivity index (χ2v) is 9.00. The van der Waals surface area contributed by atoms with Crippen LogP contribution in [0.25, 0.3) is 0 Å². The summed E-state index contributed by atoms with van der Waals surface area (Å²) in [6, 6.07) is 4.41. The first-order valence-electron chi connectivity index (χ1n) is 5.92. The van der Waals surface area contributed by atoms with E-state index in [4.69, 9.17) is 10.9 Å². The van der Waals surface area contributed by atoms with E-state index in [1.165, 1.54) is 12.1 Å². The molecule has 1 aliphatic rings. The van der Waals surface area contributed by atoms with Crippen LogP contribution in [-0.2, 0) is 19.9 Å². The SMILES string of the molecule is CC1(Nc2cccc(S(N)(=O)=O)c2N)CCS(=O)(=O)C1. The number of anilines is 2. The molecule has 112 valence electrons. The second kappa shape index (κ2) is 4.61.